The molecule has 0 unspecified atom stereocenters. The van der Waals surface area contributed by atoms with Crippen molar-refractivity contribution < 1.29 is 14.6 Å². The number of hydrogen-bond donors (Lipinski definition) is 1. The van der Waals surface area contributed by atoms with Crippen LogP contribution >= 0.6 is 0 Å². The summed E-state index contributed by atoms with van der Waals surface area (Å²) < 4.78 is 11.4. The molecule has 2 aromatic carbocycles. The molecule has 0 spiro atoms. The number of ether oxygens (including phenoxy) is 2. The average Bonchev–Trinajstić information content (AvgIpc) is 3.04. The van der Waals surface area contributed by atoms with Gasteiger partial charge in [0.1, 0.15) is 5.60 Å². The van der Waals surface area contributed by atoms with E-state index in [1.807, 2.05) is 30.3 Å². The lowest BCUT2D eigenvalue weighted by molar-refractivity contribution is -0.241. The number of aliphatic hydroxyl groups is 1. The monoisotopic (exact) mass is 296 g/mol. The Hall–Kier alpha value is -1.68. The number of rotatable bonds is 3. The normalized spacial score (nSPS) is 32.0. The molecule has 3 heteroatoms. The van der Waals surface area contributed by atoms with E-state index < -0.39 is 11.4 Å². The summed E-state index contributed by atoms with van der Waals surface area (Å²) >= 11 is 0. The van der Waals surface area contributed by atoms with Crippen molar-refractivity contribution in [3.63, 3.8) is 0 Å². The summed E-state index contributed by atoms with van der Waals surface area (Å²) in [4.78, 5) is 0. The molecule has 114 valence electrons. The molecule has 3 nitrogen and oxygen atoms in total. The molecule has 0 aliphatic heterocycles. The van der Waals surface area contributed by atoms with Gasteiger partial charge in [0, 0.05) is 20.1 Å². The van der Waals surface area contributed by atoms with E-state index in [0.717, 1.165) is 16.3 Å². The van der Waals surface area contributed by atoms with Crippen LogP contribution in [0.2, 0.25) is 0 Å². The molecular formula is C19H20O3. The van der Waals surface area contributed by atoms with Gasteiger partial charge in [-0.25, -0.2) is 0 Å². The molecule has 0 aromatic heterocycles. The lowest BCUT2D eigenvalue weighted by atomic mass is 9.79. The van der Waals surface area contributed by atoms with Crippen LogP contribution in [0.15, 0.2) is 54.6 Å². The Balaban J connectivity index is 1.91. The second-order valence-electron chi connectivity index (χ2n) is 6.25. The van der Waals surface area contributed by atoms with Crippen molar-refractivity contribution in [1.82, 2.24) is 0 Å². The van der Waals surface area contributed by atoms with Gasteiger partial charge < -0.3 is 14.6 Å². The minimum atomic E-state index is -0.966. The molecule has 4 rings (SSSR count). The minimum Gasteiger partial charge on any atom is -0.384 e. The van der Waals surface area contributed by atoms with E-state index in [1.165, 1.54) is 0 Å². The van der Waals surface area contributed by atoms with Crippen LogP contribution in [0.1, 0.15) is 12.0 Å². The third kappa shape index (κ3) is 1.56. The fraction of sp³-hybridized carbons (Fsp3) is 0.368. The maximum absolute atomic E-state index is 11.5. The van der Waals surface area contributed by atoms with Crippen LogP contribution in [0, 0.1) is 11.8 Å². The first-order valence-electron chi connectivity index (χ1n) is 7.65. The molecule has 1 fully saturated rings. The van der Waals surface area contributed by atoms with E-state index in [4.69, 9.17) is 9.47 Å². The van der Waals surface area contributed by atoms with Crippen LogP contribution in [-0.4, -0.2) is 25.1 Å². The van der Waals surface area contributed by atoms with Gasteiger partial charge in [0.2, 0.25) is 0 Å². The van der Waals surface area contributed by atoms with E-state index in [9.17, 15) is 5.11 Å². The Kier molecular flexibility index (Phi) is 2.95. The average molecular weight is 296 g/mol. The third-order valence-corrected chi connectivity index (χ3v) is 5.43. The van der Waals surface area contributed by atoms with E-state index in [-0.39, 0.29) is 11.8 Å². The van der Waals surface area contributed by atoms with Gasteiger partial charge in [0.15, 0.2) is 5.79 Å². The van der Waals surface area contributed by atoms with Gasteiger partial charge in [-0.15, -0.1) is 0 Å². The van der Waals surface area contributed by atoms with E-state index in [0.29, 0.717) is 6.42 Å². The van der Waals surface area contributed by atoms with Gasteiger partial charge in [0.25, 0.3) is 0 Å². The van der Waals surface area contributed by atoms with Crippen molar-refractivity contribution in [1.29, 1.82) is 0 Å². The highest BCUT2D eigenvalue weighted by atomic mass is 16.7. The summed E-state index contributed by atoms with van der Waals surface area (Å²) in [6.45, 7) is 0. The van der Waals surface area contributed by atoms with Gasteiger partial charge in [-0.1, -0.05) is 54.6 Å². The molecule has 2 bridgehead atoms. The maximum Gasteiger partial charge on any atom is 0.183 e. The molecule has 2 aliphatic carbocycles. The summed E-state index contributed by atoms with van der Waals surface area (Å²) in [6, 6.07) is 14.3. The molecule has 22 heavy (non-hydrogen) atoms. The second kappa shape index (κ2) is 4.66. The van der Waals surface area contributed by atoms with E-state index in [2.05, 4.69) is 24.3 Å². The van der Waals surface area contributed by atoms with Crippen LogP contribution in [0.4, 0.5) is 0 Å². The fourth-order valence-corrected chi connectivity index (χ4v) is 4.43. The predicted octanol–water partition coefficient (Wildman–Crippen LogP) is 3.22. The van der Waals surface area contributed by atoms with Crippen molar-refractivity contribution >= 4 is 10.8 Å². The molecule has 1 N–H and O–H groups in total. The first-order chi connectivity index (χ1) is 10.7. The summed E-state index contributed by atoms with van der Waals surface area (Å²) in [6.07, 6.45) is 4.77. The van der Waals surface area contributed by atoms with E-state index >= 15 is 0 Å². The summed E-state index contributed by atoms with van der Waals surface area (Å²) in [7, 11) is 3.32. The van der Waals surface area contributed by atoms with Crippen LogP contribution in [0.3, 0.4) is 0 Å². The quantitative estimate of drug-likeness (QED) is 0.698. The van der Waals surface area contributed by atoms with Crippen molar-refractivity contribution in [3.8, 4) is 0 Å². The molecular weight excluding hydrogens is 276 g/mol. The molecule has 0 amide bonds. The number of methoxy groups -OCH3 is 2. The minimum absolute atomic E-state index is 0.0662. The Bertz CT molecular complexity index is 742. The zero-order valence-electron chi connectivity index (χ0n) is 12.8. The first-order valence-corrected chi connectivity index (χ1v) is 7.65. The lowest BCUT2D eigenvalue weighted by Gasteiger charge is -2.36. The Morgan fingerprint density at radius 2 is 1.73 bits per heavy atom. The molecule has 0 radical (unpaired) electrons. The van der Waals surface area contributed by atoms with Gasteiger partial charge >= 0.3 is 0 Å². The van der Waals surface area contributed by atoms with Crippen LogP contribution < -0.4 is 0 Å². The van der Waals surface area contributed by atoms with E-state index in [1.54, 1.807) is 14.2 Å². The van der Waals surface area contributed by atoms with Crippen LogP contribution in [0.5, 0.6) is 0 Å². The van der Waals surface area contributed by atoms with Crippen molar-refractivity contribution in [3.05, 3.63) is 60.2 Å². The maximum atomic E-state index is 11.5. The largest absolute Gasteiger partial charge is 0.384 e. The summed E-state index contributed by atoms with van der Waals surface area (Å²) in [5.41, 5.74) is -0.00678. The standard InChI is InChI=1S/C19H20O3/c1-21-19(22-2)14-10-11-17(19)18(20,12-14)16-9-5-7-13-6-3-4-8-15(13)16/h3-11,14,17,20H,12H2,1-2H3/t14-,17+,18+/m1/s1. The van der Waals surface area contributed by atoms with Crippen LogP contribution in [-0.2, 0) is 15.1 Å². The van der Waals surface area contributed by atoms with Crippen molar-refractivity contribution in [2.24, 2.45) is 11.8 Å². The Morgan fingerprint density at radius 3 is 2.45 bits per heavy atom. The SMILES string of the molecule is COC1(OC)[C@@H]2C=C[C@H]1[C@@](O)(c1cccc3ccccc13)C2. The number of fused-ring (bicyclic) bond motifs is 3. The van der Waals surface area contributed by atoms with Gasteiger partial charge in [-0.3, -0.25) is 0 Å². The lowest BCUT2D eigenvalue weighted by Crippen LogP contribution is -2.44. The molecule has 1 saturated carbocycles. The molecule has 2 aliphatic rings. The number of benzene rings is 2. The molecule has 0 saturated heterocycles. The summed E-state index contributed by atoms with van der Waals surface area (Å²) in [5, 5.41) is 13.8. The third-order valence-electron chi connectivity index (χ3n) is 5.43. The first kappa shape index (κ1) is 13.9. The molecule has 2 aromatic rings. The van der Waals surface area contributed by atoms with Gasteiger partial charge in [-0.2, -0.15) is 0 Å². The zero-order valence-corrected chi connectivity index (χ0v) is 12.8. The number of hydrogen-bond acceptors (Lipinski definition) is 3. The fourth-order valence-electron chi connectivity index (χ4n) is 4.43. The highest BCUT2D eigenvalue weighted by Crippen LogP contribution is 2.59. The zero-order chi connectivity index (χ0) is 15.4. The van der Waals surface area contributed by atoms with Crippen LogP contribution in [0.25, 0.3) is 10.8 Å². The van der Waals surface area contributed by atoms with Gasteiger partial charge in [-0.05, 0) is 22.8 Å². The highest BCUT2D eigenvalue weighted by Gasteiger charge is 2.65. The van der Waals surface area contributed by atoms with Crippen molar-refractivity contribution in [2.75, 3.05) is 14.2 Å². The van der Waals surface area contributed by atoms with Crippen molar-refractivity contribution in [2.45, 2.75) is 17.8 Å². The second-order valence-corrected chi connectivity index (χ2v) is 6.25. The molecule has 0 heterocycles. The highest BCUT2D eigenvalue weighted by molar-refractivity contribution is 5.86. The smallest absolute Gasteiger partial charge is 0.183 e. The summed E-state index contributed by atoms with van der Waals surface area (Å²) in [5.74, 6) is -0.895. The Morgan fingerprint density at radius 1 is 1.00 bits per heavy atom. The topological polar surface area (TPSA) is 38.7 Å². The van der Waals surface area contributed by atoms with Gasteiger partial charge in [0.05, 0.1) is 5.92 Å². The predicted molar refractivity (Wildman–Crippen MR) is 85.3 cm³/mol. The molecule has 3 atom stereocenters. The Labute approximate surface area is 130 Å².